The zero-order chi connectivity index (χ0) is 26.5. The van der Waals surface area contributed by atoms with Gasteiger partial charge in [0.15, 0.2) is 6.10 Å². The van der Waals surface area contributed by atoms with Crippen LogP contribution in [0.3, 0.4) is 0 Å². The van der Waals surface area contributed by atoms with Gasteiger partial charge in [-0.3, -0.25) is 4.79 Å². The Morgan fingerprint density at radius 1 is 1.11 bits per heavy atom. The van der Waals surface area contributed by atoms with E-state index >= 15 is 0 Å². The highest BCUT2D eigenvalue weighted by Crippen LogP contribution is 2.34. The number of nitriles is 1. The molecule has 1 atom stereocenters. The number of amides is 1. The lowest BCUT2D eigenvalue weighted by Crippen LogP contribution is -2.46. The summed E-state index contributed by atoms with van der Waals surface area (Å²) in [5, 5.41) is 13.0. The van der Waals surface area contributed by atoms with Gasteiger partial charge in [-0.2, -0.15) is 5.26 Å². The van der Waals surface area contributed by atoms with Crippen LogP contribution in [-0.2, 0) is 9.53 Å². The predicted octanol–water partition coefficient (Wildman–Crippen LogP) is 4.37. The lowest BCUT2D eigenvalue weighted by molar-refractivity contribution is -0.142. The Hall–Kier alpha value is -4.75. The first-order chi connectivity index (χ1) is 18.5. The summed E-state index contributed by atoms with van der Waals surface area (Å²) in [6, 6.07) is 16.5. The second-order valence-electron chi connectivity index (χ2n) is 8.77. The normalized spacial score (nSPS) is 14.0. The average molecular weight is 511 g/mol. The number of carbonyl (C=O) groups excluding carboxylic acids is 1. The number of hydrogen-bond acceptors (Lipinski definition) is 9. The number of benzene rings is 2. The van der Waals surface area contributed by atoms with Crippen molar-refractivity contribution in [1.29, 1.82) is 5.26 Å². The number of fused-ring (bicyclic) bond motifs is 1. The van der Waals surface area contributed by atoms with E-state index in [4.69, 9.17) is 19.5 Å². The van der Waals surface area contributed by atoms with E-state index in [0.29, 0.717) is 66.0 Å². The highest BCUT2D eigenvalue weighted by atomic mass is 16.5. The van der Waals surface area contributed by atoms with Gasteiger partial charge in [0.05, 0.1) is 30.3 Å². The smallest absolute Gasteiger partial charge is 0.263 e. The van der Waals surface area contributed by atoms with Crippen LogP contribution in [0.1, 0.15) is 18.2 Å². The number of ether oxygens (including phenoxy) is 3. The van der Waals surface area contributed by atoms with Crippen LogP contribution in [0.4, 0.5) is 11.5 Å². The molecule has 0 saturated carbocycles. The van der Waals surface area contributed by atoms with Crippen molar-refractivity contribution >= 4 is 28.3 Å². The molecule has 10 nitrogen and oxygen atoms in total. The fraction of sp³-hybridized carbons (Fsp3) is 0.250. The first-order valence-electron chi connectivity index (χ1n) is 12.2. The summed E-state index contributed by atoms with van der Waals surface area (Å²) < 4.78 is 17.4. The van der Waals surface area contributed by atoms with Crippen molar-refractivity contribution in [2.24, 2.45) is 0 Å². The topological polar surface area (TPSA) is 122 Å². The van der Waals surface area contributed by atoms with E-state index in [1.54, 1.807) is 24.0 Å². The fourth-order valence-corrected chi connectivity index (χ4v) is 4.17. The molecule has 10 heteroatoms. The van der Waals surface area contributed by atoms with Crippen LogP contribution >= 0.6 is 0 Å². The lowest BCUT2D eigenvalue weighted by Gasteiger charge is -2.29. The van der Waals surface area contributed by atoms with Crippen molar-refractivity contribution < 1.29 is 19.0 Å². The van der Waals surface area contributed by atoms with Crippen molar-refractivity contribution in [1.82, 2.24) is 19.9 Å². The first-order valence-corrected chi connectivity index (χ1v) is 12.2. The number of morpholine rings is 1. The maximum atomic E-state index is 12.9. The van der Waals surface area contributed by atoms with Crippen LogP contribution in [-0.4, -0.2) is 58.2 Å². The van der Waals surface area contributed by atoms with Crippen LogP contribution in [0.2, 0.25) is 0 Å². The van der Waals surface area contributed by atoms with E-state index in [1.807, 2.05) is 49.4 Å². The van der Waals surface area contributed by atoms with Gasteiger partial charge >= 0.3 is 0 Å². The molecule has 1 amide bonds. The number of aryl methyl sites for hydroxylation is 1. The summed E-state index contributed by atoms with van der Waals surface area (Å²) in [4.78, 5) is 27.6. The molecule has 1 aliphatic heterocycles. The van der Waals surface area contributed by atoms with Gasteiger partial charge in [-0.05, 0) is 61.9 Å². The number of nitrogens with one attached hydrogen (secondary N) is 1. The number of aromatic nitrogens is 3. The quantitative estimate of drug-likeness (QED) is 0.386. The largest absolute Gasteiger partial charge is 0.480 e. The molecule has 0 bridgehead atoms. The highest BCUT2D eigenvalue weighted by Gasteiger charge is 2.25. The molecule has 38 heavy (non-hydrogen) atoms. The van der Waals surface area contributed by atoms with Gasteiger partial charge in [-0.15, -0.1) is 0 Å². The Kier molecular flexibility index (Phi) is 7.28. The summed E-state index contributed by atoms with van der Waals surface area (Å²) >= 11 is 0. The van der Waals surface area contributed by atoms with Gasteiger partial charge in [0.2, 0.25) is 0 Å². The van der Waals surface area contributed by atoms with Crippen LogP contribution < -0.4 is 14.8 Å². The predicted molar refractivity (Wildman–Crippen MR) is 141 cm³/mol. The zero-order valence-corrected chi connectivity index (χ0v) is 21.0. The number of anilines is 2. The van der Waals surface area contributed by atoms with Gasteiger partial charge in [0.25, 0.3) is 5.91 Å². The number of rotatable bonds is 7. The maximum Gasteiger partial charge on any atom is 0.263 e. The molecule has 2 aromatic carbocycles. The molecule has 5 rings (SSSR count). The first kappa shape index (κ1) is 24.9. The number of carbonyl (C=O) groups is 1. The van der Waals surface area contributed by atoms with Crippen molar-refractivity contribution in [2.75, 3.05) is 31.6 Å². The Labute approximate surface area is 219 Å². The minimum absolute atomic E-state index is 0.0830. The molecule has 1 aliphatic rings. The van der Waals surface area contributed by atoms with E-state index in [9.17, 15) is 4.79 Å². The molecule has 2 aromatic heterocycles. The molecule has 1 fully saturated rings. The minimum Gasteiger partial charge on any atom is -0.480 e. The van der Waals surface area contributed by atoms with Gasteiger partial charge in [-0.25, -0.2) is 15.0 Å². The molecule has 0 aliphatic carbocycles. The van der Waals surface area contributed by atoms with E-state index < -0.39 is 6.10 Å². The molecule has 4 aromatic rings. The zero-order valence-electron chi connectivity index (χ0n) is 21.0. The van der Waals surface area contributed by atoms with Gasteiger partial charge < -0.3 is 24.4 Å². The van der Waals surface area contributed by atoms with Crippen molar-refractivity contribution in [3.05, 3.63) is 72.3 Å². The Morgan fingerprint density at radius 2 is 1.95 bits per heavy atom. The van der Waals surface area contributed by atoms with Crippen molar-refractivity contribution in [3.63, 3.8) is 0 Å². The Balaban J connectivity index is 1.36. The van der Waals surface area contributed by atoms with Crippen LogP contribution in [0.25, 0.3) is 10.9 Å². The third kappa shape index (κ3) is 5.48. The number of pyridine rings is 1. The maximum absolute atomic E-state index is 12.9. The standard InChI is InChI=1S/C28H26N6O4/c1-18-14-20(7-9-24(18)38-22-8-6-21(15-29)30-16-22)33-27-26-23(31-17-32-27)4-3-5-25(26)37-19(2)28(35)34-10-12-36-13-11-34/h3-9,14,16-17,19H,10-13H2,1-2H3,(H,31,32,33). The summed E-state index contributed by atoms with van der Waals surface area (Å²) in [6.07, 6.45) is 2.32. The van der Waals surface area contributed by atoms with Crippen LogP contribution in [0, 0.1) is 18.3 Å². The summed E-state index contributed by atoms with van der Waals surface area (Å²) in [6.45, 7) is 5.85. The molecule has 3 heterocycles. The summed E-state index contributed by atoms with van der Waals surface area (Å²) in [5.41, 5.74) is 2.70. The molecule has 1 saturated heterocycles. The third-order valence-corrected chi connectivity index (χ3v) is 6.12. The van der Waals surface area contributed by atoms with Crippen molar-refractivity contribution in [3.8, 4) is 23.3 Å². The molecule has 1 unspecified atom stereocenters. The number of nitrogens with zero attached hydrogens (tertiary/aromatic N) is 5. The van der Waals surface area contributed by atoms with E-state index in [2.05, 4.69) is 20.3 Å². The Morgan fingerprint density at radius 3 is 2.68 bits per heavy atom. The average Bonchev–Trinajstić information content (AvgIpc) is 2.95. The molecule has 1 N–H and O–H groups in total. The second-order valence-corrected chi connectivity index (χ2v) is 8.77. The monoisotopic (exact) mass is 510 g/mol. The van der Waals surface area contributed by atoms with Gasteiger partial charge in [-0.1, -0.05) is 6.07 Å². The molecule has 192 valence electrons. The lowest BCUT2D eigenvalue weighted by atomic mass is 10.1. The number of hydrogen-bond donors (Lipinski definition) is 1. The SMILES string of the molecule is Cc1cc(Nc2ncnc3cccc(OC(C)C(=O)N4CCOCC4)c23)ccc1Oc1ccc(C#N)nc1. The molecule has 0 spiro atoms. The molecule has 0 radical (unpaired) electrons. The second kappa shape index (κ2) is 11.1. The van der Waals surface area contributed by atoms with Crippen molar-refractivity contribution in [2.45, 2.75) is 20.0 Å². The highest BCUT2D eigenvalue weighted by molar-refractivity contribution is 5.96. The van der Waals surface area contributed by atoms with Crippen LogP contribution in [0.15, 0.2) is 61.1 Å². The van der Waals surface area contributed by atoms with Crippen LogP contribution in [0.5, 0.6) is 17.2 Å². The Bertz CT molecular complexity index is 1490. The minimum atomic E-state index is -0.679. The molecular formula is C28H26N6O4. The van der Waals surface area contributed by atoms with Gasteiger partial charge in [0, 0.05) is 18.8 Å². The fourth-order valence-electron chi connectivity index (χ4n) is 4.17. The van der Waals surface area contributed by atoms with Gasteiger partial charge in [0.1, 0.15) is 41.2 Å². The van der Waals surface area contributed by atoms with E-state index in [0.717, 1.165) is 11.3 Å². The summed E-state index contributed by atoms with van der Waals surface area (Å²) in [5.74, 6) is 2.19. The molecular weight excluding hydrogens is 484 g/mol. The van der Waals surface area contributed by atoms with E-state index in [1.165, 1.54) is 12.5 Å². The summed E-state index contributed by atoms with van der Waals surface area (Å²) in [7, 11) is 0. The third-order valence-electron chi connectivity index (χ3n) is 6.12. The van der Waals surface area contributed by atoms with E-state index in [-0.39, 0.29) is 5.91 Å².